The summed E-state index contributed by atoms with van der Waals surface area (Å²) >= 11 is 0. The molecule has 0 spiro atoms. The number of rotatable bonds is 2. The van der Waals surface area contributed by atoms with Gasteiger partial charge in [-0.1, -0.05) is 19.3 Å². The summed E-state index contributed by atoms with van der Waals surface area (Å²) in [6.45, 7) is 3.41. The third kappa shape index (κ3) is 1.78. The monoisotopic (exact) mass is 200 g/mol. The van der Waals surface area contributed by atoms with Gasteiger partial charge in [0.15, 0.2) is 0 Å². The Kier molecular flexibility index (Phi) is 3.20. The maximum atomic E-state index is 11.8. The van der Waals surface area contributed by atoms with Crippen molar-refractivity contribution in [1.82, 2.24) is 0 Å². The molecule has 0 heterocycles. The first-order chi connectivity index (χ1) is 6.44. The molecule has 3 heteroatoms. The summed E-state index contributed by atoms with van der Waals surface area (Å²) in [5.74, 6) is -0.260. The number of esters is 1. The van der Waals surface area contributed by atoms with Crippen LogP contribution in [0, 0.1) is 5.41 Å². The van der Waals surface area contributed by atoms with E-state index in [2.05, 4.69) is 0 Å². The second kappa shape index (κ2) is 3.89. The number of hydrogen-bond acceptors (Lipinski definition) is 3. The molecule has 1 fully saturated rings. The molecule has 1 rings (SSSR count). The third-order valence-corrected chi connectivity index (χ3v) is 3.45. The van der Waals surface area contributed by atoms with Crippen LogP contribution in [0.25, 0.3) is 0 Å². The zero-order valence-corrected chi connectivity index (χ0v) is 9.30. The van der Waals surface area contributed by atoms with Crippen molar-refractivity contribution in [2.45, 2.75) is 51.6 Å². The second-order valence-corrected chi connectivity index (χ2v) is 4.69. The zero-order chi connectivity index (χ0) is 10.8. The normalized spacial score (nSPS) is 21.7. The Labute approximate surface area is 85.5 Å². The molecule has 0 aromatic carbocycles. The fourth-order valence-electron chi connectivity index (χ4n) is 2.42. The molecule has 1 aliphatic rings. The van der Waals surface area contributed by atoms with Gasteiger partial charge in [0.25, 0.3) is 0 Å². The fourth-order valence-corrected chi connectivity index (χ4v) is 2.42. The molecule has 0 aromatic heterocycles. The minimum atomic E-state index is -0.986. The van der Waals surface area contributed by atoms with E-state index in [1.54, 1.807) is 13.8 Å². The standard InChI is InChI=1S/C11H20O3/c1-10(2,13)11(9(12)14-3)7-5-4-6-8-11/h13H,4-8H2,1-3H3. The molecule has 14 heavy (non-hydrogen) atoms. The molecular formula is C11H20O3. The zero-order valence-electron chi connectivity index (χ0n) is 9.30. The van der Waals surface area contributed by atoms with Gasteiger partial charge in [-0.25, -0.2) is 0 Å². The largest absolute Gasteiger partial charge is 0.469 e. The first kappa shape index (κ1) is 11.5. The van der Waals surface area contributed by atoms with E-state index in [4.69, 9.17) is 4.74 Å². The Balaban J connectivity index is 2.94. The van der Waals surface area contributed by atoms with E-state index in [9.17, 15) is 9.90 Å². The van der Waals surface area contributed by atoms with Crippen LogP contribution in [0.3, 0.4) is 0 Å². The van der Waals surface area contributed by atoms with Gasteiger partial charge in [0.2, 0.25) is 0 Å². The van der Waals surface area contributed by atoms with E-state index in [-0.39, 0.29) is 5.97 Å². The van der Waals surface area contributed by atoms with E-state index < -0.39 is 11.0 Å². The molecular weight excluding hydrogens is 180 g/mol. The number of hydrogen-bond donors (Lipinski definition) is 1. The number of carbonyl (C=O) groups excluding carboxylic acids is 1. The number of methoxy groups -OCH3 is 1. The highest BCUT2D eigenvalue weighted by Gasteiger charge is 2.51. The summed E-state index contributed by atoms with van der Waals surface area (Å²) in [5.41, 5.74) is -1.67. The highest BCUT2D eigenvalue weighted by Crippen LogP contribution is 2.45. The molecule has 0 aliphatic heterocycles. The van der Waals surface area contributed by atoms with Crippen LogP contribution in [0.15, 0.2) is 0 Å². The smallest absolute Gasteiger partial charge is 0.314 e. The van der Waals surface area contributed by atoms with Crippen LogP contribution >= 0.6 is 0 Å². The summed E-state index contributed by atoms with van der Waals surface area (Å²) in [4.78, 5) is 11.8. The van der Waals surface area contributed by atoms with Gasteiger partial charge in [0.1, 0.15) is 0 Å². The molecule has 0 radical (unpaired) electrons. The van der Waals surface area contributed by atoms with E-state index >= 15 is 0 Å². The second-order valence-electron chi connectivity index (χ2n) is 4.69. The Morgan fingerprint density at radius 1 is 1.29 bits per heavy atom. The molecule has 0 unspecified atom stereocenters. The van der Waals surface area contributed by atoms with Gasteiger partial charge in [0, 0.05) is 0 Å². The molecule has 1 aliphatic carbocycles. The van der Waals surface area contributed by atoms with Crippen LogP contribution in [0.2, 0.25) is 0 Å². The lowest BCUT2D eigenvalue weighted by atomic mass is 9.64. The van der Waals surface area contributed by atoms with E-state index in [0.717, 1.165) is 32.1 Å². The highest BCUT2D eigenvalue weighted by atomic mass is 16.5. The maximum Gasteiger partial charge on any atom is 0.314 e. The molecule has 0 aromatic rings. The topological polar surface area (TPSA) is 46.5 Å². The average molecular weight is 200 g/mol. The molecule has 1 saturated carbocycles. The summed E-state index contributed by atoms with van der Waals surface area (Å²) < 4.78 is 4.82. The summed E-state index contributed by atoms with van der Waals surface area (Å²) in [7, 11) is 1.39. The van der Waals surface area contributed by atoms with E-state index in [0.29, 0.717) is 0 Å². The van der Waals surface area contributed by atoms with Crippen molar-refractivity contribution in [2.75, 3.05) is 7.11 Å². The van der Waals surface area contributed by atoms with Crippen molar-refractivity contribution in [3.8, 4) is 0 Å². The fraction of sp³-hybridized carbons (Fsp3) is 0.909. The highest BCUT2D eigenvalue weighted by molar-refractivity contribution is 5.78. The lowest BCUT2D eigenvalue weighted by Crippen LogP contribution is -2.51. The van der Waals surface area contributed by atoms with Gasteiger partial charge < -0.3 is 9.84 Å². The van der Waals surface area contributed by atoms with Crippen LogP contribution in [-0.2, 0) is 9.53 Å². The summed E-state index contributed by atoms with van der Waals surface area (Å²) in [6.07, 6.45) is 4.62. The van der Waals surface area contributed by atoms with E-state index in [1.165, 1.54) is 7.11 Å². The van der Waals surface area contributed by atoms with Gasteiger partial charge in [-0.2, -0.15) is 0 Å². The van der Waals surface area contributed by atoms with E-state index in [1.807, 2.05) is 0 Å². The Hall–Kier alpha value is -0.570. The van der Waals surface area contributed by atoms with Gasteiger partial charge in [-0.3, -0.25) is 4.79 Å². The first-order valence-corrected chi connectivity index (χ1v) is 5.25. The first-order valence-electron chi connectivity index (χ1n) is 5.25. The van der Waals surface area contributed by atoms with Gasteiger partial charge in [-0.15, -0.1) is 0 Å². The van der Waals surface area contributed by atoms with Gasteiger partial charge in [-0.05, 0) is 26.7 Å². The van der Waals surface area contributed by atoms with Crippen molar-refractivity contribution in [2.24, 2.45) is 5.41 Å². The van der Waals surface area contributed by atoms with Crippen LogP contribution in [0.1, 0.15) is 46.0 Å². The lowest BCUT2D eigenvalue weighted by Gasteiger charge is -2.43. The molecule has 0 amide bonds. The van der Waals surface area contributed by atoms with Crippen LogP contribution < -0.4 is 0 Å². The average Bonchev–Trinajstić information content (AvgIpc) is 2.16. The number of carbonyl (C=O) groups is 1. The van der Waals surface area contributed by atoms with Gasteiger partial charge in [0.05, 0.1) is 18.1 Å². The summed E-state index contributed by atoms with van der Waals surface area (Å²) in [5, 5.41) is 10.1. The van der Waals surface area contributed by atoms with Crippen molar-refractivity contribution in [1.29, 1.82) is 0 Å². The molecule has 0 bridgehead atoms. The predicted octanol–water partition coefficient (Wildman–Crippen LogP) is 1.88. The minimum Gasteiger partial charge on any atom is -0.469 e. The number of ether oxygens (including phenoxy) is 1. The number of aliphatic hydroxyl groups is 1. The SMILES string of the molecule is COC(=O)C1(C(C)(C)O)CCCCC1. The molecule has 1 N–H and O–H groups in total. The van der Waals surface area contributed by atoms with Crippen molar-refractivity contribution in [3.05, 3.63) is 0 Å². The lowest BCUT2D eigenvalue weighted by molar-refractivity contribution is -0.173. The van der Waals surface area contributed by atoms with Crippen LogP contribution in [-0.4, -0.2) is 23.8 Å². The Morgan fingerprint density at radius 3 is 2.14 bits per heavy atom. The van der Waals surface area contributed by atoms with Crippen molar-refractivity contribution < 1.29 is 14.6 Å². The Bertz CT molecular complexity index is 209. The molecule has 0 atom stereocenters. The third-order valence-electron chi connectivity index (χ3n) is 3.45. The maximum absolute atomic E-state index is 11.8. The quantitative estimate of drug-likeness (QED) is 0.692. The Morgan fingerprint density at radius 2 is 1.79 bits per heavy atom. The molecule has 3 nitrogen and oxygen atoms in total. The molecule has 82 valence electrons. The van der Waals surface area contributed by atoms with Crippen molar-refractivity contribution in [3.63, 3.8) is 0 Å². The van der Waals surface area contributed by atoms with Crippen LogP contribution in [0.5, 0.6) is 0 Å². The van der Waals surface area contributed by atoms with Crippen molar-refractivity contribution >= 4 is 5.97 Å². The van der Waals surface area contributed by atoms with Crippen LogP contribution in [0.4, 0.5) is 0 Å². The van der Waals surface area contributed by atoms with Gasteiger partial charge >= 0.3 is 5.97 Å². The summed E-state index contributed by atoms with van der Waals surface area (Å²) in [6, 6.07) is 0. The molecule has 0 saturated heterocycles. The minimum absolute atomic E-state index is 0.260. The predicted molar refractivity (Wildman–Crippen MR) is 53.8 cm³/mol.